The van der Waals surface area contributed by atoms with Crippen molar-refractivity contribution in [2.75, 3.05) is 78.6 Å². The number of ether oxygens (including phenoxy) is 1. The smallest absolute Gasteiger partial charge is 0.305 e. The summed E-state index contributed by atoms with van der Waals surface area (Å²) >= 11 is 0. The van der Waals surface area contributed by atoms with E-state index >= 15 is 0 Å². The van der Waals surface area contributed by atoms with Crippen LogP contribution in [0.1, 0.15) is 253 Å². The van der Waals surface area contributed by atoms with E-state index in [9.17, 15) is 9.59 Å². The van der Waals surface area contributed by atoms with Crippen molar-refractivity contribution >= 4 is 11.9 Å². The van der Waals surface area contributed by atoms with E-state index in [4.69, 9.17) is 4.74 Å². The van der Waals surface area contributed by atoms with E-state index in [1.54, 1.807) is 0 Å². The van der Waals surface area contributed by atoms with Gasteiger partial charge in [-0.05, 0) is 83.6 Å². The average molecular weight is 861 g/mol. The van der Waals surface area contributed by atoms with Crippen LogP contribution in [0.2, 0.25) is 0 Å². The van der Waals surface area contributed by atoms with Crippen molar-refractivity contribution in [1.82, 2.24) is 19.6 Å². The topological polar surface area (TPSA) is 56.3 Å². The molecule has 1 rings (SSSR count). The molecular weight excluding hydrogens is 753 g/mol. The van der Waals surface area contributed by atoms with Gasteiger partial charge in [0, 0.05) is 39.1 Å². The first-order valence-corrected chi connectivity index (χ1v) is 27.6. The zero-order chi connectivity index (χ0) is 44.3. The molecule has 1 aliphatic heterocycles. The van der Waals surface area contributed by atoms with Crippen molar-refractivity contribution in [2.24, 2.45) is 5.92 Å². The third-order valence-corrected chi connectivity index (χ3v) is 13.4. The Morgan fingerprint density at radius 3 is 1.30 bits per heavy atom. The molecular formula is C54H108N4O3. The Bertz CT molecular complexity index is 931. The molecule has 1 heterocycles. The normalized spacial score (nSPS) is 14.4. The minimum atomic E-state index is -0.0376. The molecule has 0 N–H and O–H groups in total. The van der Waals surface area contributed by atoms with Crippen LogP contribution in [0.25, 0.3) is 0 Å². The quantitative estimate of drug-likeness (QED) is 0.0449. The Hall–Kier alpha value is -1.18. The summed E-state index contributed by atoms with van der Waals surface area (Å²) in [6, 6.07) is 0. The number of likely N-dealkylation sites (tertiary alicyclic amines) is 1. The minimum Gasteiger partial charge on any atom is -0.466 e. The molecule has 0 aromatic heterocycles. The molecule has 1 aliphatic rings. The zero-order valence-electron chi connectivity index (χ0n) is 42.1. The summed E-state index contributed by atoms with van der Waals surface area (Å²) in [7, 11) is 0. The number of nitrogens with zero attached hydrogens (tertiary/aromatic N) is 4. The molecule has 0 radical (unpaired) electrons. The summed E-state index contributed by atoms with van der Waals surface area (Å²) in [5, 5.41) is 0. The third-order valence-electron chi connectivity index (χ3n) is 13.4. The Balaban J connectivity index is 2.82. The molecule has 7 heteroatoms. The Morgan fingerprint density at radius 2 is 0.820 bits per heavy atom. The maximum Gasteiger partial charge on any atom is 0.305 e. The van der Waals surface area contributed by atoms with E-state index in [1.165, 1.54) is 193 Å². The summed E-state index contributed by atoms with van der Waals surface area (Å²) in [5.74, 6) is 0.829. The van der Waals surface area contributed by atoms with Crippen molar-refractivity contribution in [3.05, 3.63) is 0 Å². The van der Waals surface area contributed by atoms with Crippen LogP contribution in [-0.2, 0) is 14.3 Å². The van der Waals surface area contributed by atoms with Crippen LogP contribution in [0.15, 0.2) is 0 Å². The van der Waals surface area contributed by atoms with Crippen molar-refractivity contribution in [3.8, 4) is 0 Å². The number of rotatable bonds is 47. The molecule has 0 aromatic carbocycles. The fourth-order valence-corrected chi connectivity index (χ4v) is 9.27. The van der Waals surface area contributed by atoms with Crippen molar-refractivity contribution in [1.29, 1.82) is 0 Å². The molecule has 1 unspecified atom stereocenters. The predicted octanol–water partition coefficient (Wildman–Crippen LogP) is 14.3. The fourth-order valence-electron chi connectivity index (χ4n) is 9.27. The van der Waals surface area contributed by atoms with Gasteiger partial charge in [-0.25, -0.2) is 0 Å². The highest BCUT2D eigenvalue weighted by atomic mass is 16.5. The summed E-state index contributed by atoms with van der Waals surface area (Å²) < 4.78 is 5.52. The highest BCUT2D eigenvalue weighted by Gasteiger charge is 2.28. The van der Waals surface area contributed by atoms with Crippen LogP contribution in [0, 0.1) is 5.92 Å². The second-order valence-electron chi connectivity index (χ2n) is 19.4. The molecule has 61 heavy (non-hydrogen) atoms. The average Bonchev–Trinajstić information content (AvgIpc) is 3.73. The lowest BCUT2D eigenvalue weighted by molar-refractivity contribution is -0.144. The molecule has 0 saturated carbocycles. The first-order chi connectivity index (χ1) is 30.0. The first kappa shape index (κ1) is 57.8. The minimum absolute atomic E-state index is 0.0376. The molecule has 0 aliphatic carbocycles. The van der Waals surface area contributed by atoms with Gasteiger partial charge in [-0.1, -0.05) is 202 Å². The number of carbonyl (C=O) groups excluding carboxylic acids is 2. The largest absolute Gasteiger partial charge is 0.466 e. The van der Waals surface area contributed by atoms with Crippen LogP contribution in [0.5, 0.6) is 0 Å². The standard InChI is InChI=1S/C54H108N4O3/c1-6-11-16-20-24-28-32-40-55(41-33-29-25-21-17-12-7-2)46-47-57(43-35-31-27-23-19-14-9-4)51-53(59)58-45-39-52(50-58)49-56(42-34-30-26-22-18-13-8-3)44-37-38-54(60)61-48-36-15-10-5/h52H,6-51H2,1-5H3. The van der Waals surface area contributed by atoms with Crippen molar-refractivity contribution in [3.63, 3.8) is 0 Å². The van der Waals surface area contributed by atoms with E-state index in [2.05, 4.69) is 54.2 Å². The molecule has 7 nitrogen and oxygen atoms in total. The lowest BCUT2D eigenvalue weighted by Gasteiger charge is -2.29. The molecule has 0 aromatic rings. The van der Waals surface area contributed by atoms with Gasteiger partial charge in [0.1, 0.15) is 0 Å². The highest BCUT2D eigenvalue weighted by Crippen LogP contribution is 2.20. The Labute approximate surface area is 382 Å². The predicted molar refractivity (Wildman–Crippen MR) is 266 cm³/mol. The number of hydrogen-bond acceptors (Lipinski definition) is 6. The lowest BCUT2D eigenvalue weighted by atomic mass is 10.1. The van der Waals surface area contributed by atoms with Crippen LogP contribution in [0.3, 0.4) is 0 Å². The van der Waals surface area contributed by atoms with Gasteiger partial charge in [0.15, 0.2) is 0 Å². The second kappa shape index (κ2) is 44.0. The van der Waals surface area contributed by atoms with Crippen LogP contribution in [-0.4, -0.2) is 110 Å². The number of unbranched alkanes of at least 4 members (excludes halogenated alkanes) is 26. The Kier molecular flexibility index (Phi) is 41.8. The lowest BCUT2D eigenvalue weighted by Crippen LogP contribution is -2.43. The number of hydrogen-bond donors (Lipinski definition) is 0. The van der Waals surface area contributed by atoms with E-state index in [0.29, 0.717) is 31.4 Å². The summed E-state index contributed by atoms with van der Waals surface area (Å²) in [6.07, 6.45) is 43.2. The van der Waals surface area contributed by atoms with Crippen LogP contribution >= 0.6 is 0 Å². The molecule has 1 amide bonds. The summed E-state index contributed by atoms with van der Waals surface area (Å²) in [5.41, 5.74) is 0. The molecule has 362 valence electrons. The SMILES string of the molecule is CCCCCCCCCN(CCCCCCCCC)CCN(CCCCCCCCC)CC(=O)N1CCC(CN(CCCCCCCCC)CCCC(=O)OCCCCC)C1. The fraction of sp³-hybridized carbons (Fsp3) is 0.963. The van der Waals surface area contributed by atoms with Crippen LogP contribution in [0.4, 0.5) is 0 Å². The second-order valence-corrected chi connectivity index (χ2v) is 19.4. The summed E-state index contributed by atoms with van der Waals surface area (Å²) in [6.45, 7) is 23.0. The van der Waals surface area contributed by atoms with Gasteiger partial charge in [0.25, 0.3) is 0 Å². The molecule has 1 saturated heterocycles. The van der Waals surface area contributed by atoms with Gasteiger partial charge in [0.2, 0.25) is 5.91 Å². The van der Waals surface area contributed by atoms with Crippen molar-refractivity contribution < 1.29 is 14.3 Å². The maximum absolute atomic E-state index is 14.1. The van der Waals surface area contributed by atoms with E-state index < -0.39 is 0 Å². The number of esters is 1. The van der Waals surface area contributed by atoms with Crippen molar-refractivity contribution in [2.45, 2.75) is 253 Å². The van der Waals surface area contributed by atoms with Gasteiger partial charge in [-0.15, -0.1) is 0 Å². The first-order valence-electron chi connectivity index (χ1n) is 27.6. The monoisotopic (exact) mass is 861 g/mol. The Morgan fingerprint density at radius 1 is 0.443 bits per heavy atom. The van der Waals surface area contributed by atoms with Gasteiger partial charge >= 0.3 is 5.97 Å². The molecule has 0 spiro atoms. The van der Waals surface area contributed by atoms with Crippen LogP contribution < -0.4 is 0 Å². The maximum atomic E-state index is 14.1. The van der Waals surface area contributed by atoms with E-state index in [-0.39, 0.29) is 5.97 Å². The zero-order valence-corrected chi connectivity index (χ0v) is 42.1. The number of carbonyl (C=O) groups is 2. The van der Waals surface area contributed by atoms with Gasteiger partial charge in [-0.2, -0.15) is 0 Å². The third kappa shape index (κ3) is 35.8. The summed E-state index contributed by atoms with van der Waals surface area (Å²) in [4.78, 5) is 36.7. The van der Waals surface area contributed by atoms with Gasteiger partial charge in [-0.3, -0.25) is 14.5 Å². The van der Waals surface area contributed by atoms with E-state index in [1.807, 2.05) is 0 Å². The van der Waals surface area contributed by atoms with Gasteiger partial charge in [0.05, 0.1) is 13.2 Å². The molecule has 0 bridgehead atoms. The van der Waals surface area contributed by atoms with Gasteiger partial charge < -0.3 is 19.4 Å². The number of amides is 1. The molecule has 1 atom stereocenters. The molecule has 1 fully saturated rings. The van der Waals surface area contributed by atoms with E-state index in [0.717, 1.165) is 84.5 Å². The highest BCUT2D eigenvalue weighted by molar-refractivity contribution is 5.78.